The quantitative estimate of drug-likeness (QED) is 0.755. The molecule has 7 heteroatoms. The summed E-state index contributed by atoms with van der Waals surface area (Å²) < 4.78 is 15.0. The van der Waals surface area contributed by atoms with Crippen LogP contribution in [0.25, 0.3) is 21.3 Å². The van der Waals surface area contributed by atoms with Crippen LogP contribution in [0, 0.1) is 5.92 Å². The summed E-state index contributed by atoms with van der Waals surface area (Å²) in [5.74, 6) is 2.11. The van der Waals surface area contributed by atoms with Gasteiger partial charge in [-0.1, -0.05) is 6.07 Å². The highest BCUT2D eigenvalue weighted by molar-refractivity contribution is 7.13. The highest BCUT2D eigenvalue weighted by Crippen LogP contribution is 2.35. The van der Waals surface area contributed by atoms with E-state index < -0.39 is 0 Å². The van der Waals surface area contributed by atoms with E-state index in [0.717, 1.165) is 34.2 Å². The molecule has 128 valence electrons. The smallest absolute Gasteiger partial charge is 0.228 e. The average molecular weight is 355 g/mol. The van der Waals surface area contributed by atoms with Crippen LogP contribution in [-0.2, 0) is 4.79 Å². The third kappa shape index (κ3) is 3.02. The summed E-state index contributed by atoms with van der Waals surface area (Å²) in [7, 11) is 3.22. The van der Waals surface area contributed by atoms with E-state index in [1.54, 1.807) is 20.4 Å². The van der Waals surface area contributed by atoms with Crippen molar-refractivity contribution in [3.63, 3.8) is 0 Å². The van der Waals surface area contributed by atoms with Gasteiger partial charge in [0.1, 0.15) is 4.83 Å². The van der Waals surface area contributed by atoms with Crippen molar-refractivity contribution in [2.24, 2.45) is 5.92 Å². The molecule has 2 heterocycles. The number of rotatable bonds is 5. The van der Waals surface area contributed by atoms with Crippen molar-refractivity contribution in [3.05, 3.63) is 30.5 Å². The first kappa shape index (κ1) is 15.8. The third-order valence-electron chi connectivity index (χ3n) is 4.24. The van der Waals surface area contributed by atoms with E-state index in [1.807, 2.05) is 24.3 Å². The Labute approximate surface area is 149 Å². The Bertz CT molecular complexity index is 950. The summed E-state index contributed by atoms with van der Waals surface area (Å²) in [6.07, 6.45) is 3.72. The van der Waals surface area contributed by atoms with E-state index in [-0.39, 0.29) is 11.8 Å². The topological polar surface area (TPSA) is 73.3 Å². The van der Waals surface area contributed by atoms with Gasteiger partial charge in [0.15, 0.2) is 17.3 Å². The summed E-state index contributed by atoms with van der Waals surface area (Å²) in [5.41, 5.74) is 1.88. The lowest BCUT2D eigenvalue weighted by Crippen LogP contribution is -2.13. The molecule has 1 aliphatic rings. The number of hydrogen-bond acceptors (Lipinski definition) is 6. The predicted octanol–water partition coefficient (Wildman–Crippen LogP) is 3.72. The van der Waals surface area contributed by atoms with Crippen molar-refractivity contribution in [2.45, 2.75) is 12.8 Å². The van der Waals surface area contributed by atoms with E-state index in [1.165, 1.54) is 11.5 Å². The Morgan fingerprint density at radius 1 is 1.16 bits per heavy atom. The van der Waals surface area contributed by atoms with Gasteiger partial charge in [0.25, 0.3) is 0 Å². The molecule has 1 aromatic carbocycles. The number of fused-ring (bicyclic) bond motifs is 1. The molecule has 1 saturated carbocycles. The molecule has 6 nitrogen and oxygen atoms in total. The minimum absolute atomic E-state index is 0.0451. The van der Waals surface area contributed by atoms with Gasteiger partial charge >= 0.3 is 0 Å². The van der Waals surface area contributed by atoms with E-state index in [2.05, 4.69) is 14.7 Å². The second-order valence-corrected chi connectivity index (χ2v) is 6.69. The Kier molecular flexibility index (Phi) is 4.01. The molecule has 0 aliphatic heterocycles. The van der Waals surface area contributed by atoms with Crippen molar-refractivity contribution in [1.82, 2.24) is 9.36 Å². The van der Waals surface area contributed by atoms with Crippen molar-refractivity contribution < 1.29 is 14.3 Å². The lowest BCUT2D eigenvalue weighted by molar-refractivity contribution is -0.117. The number of amides is 1. The molecule has 2 aromatic heterocycles. The Morgan fingerprint density at radius 2 is 1.96 bits per heavy atom. The number of anilines is 1. The number of carbonyl (C=O) groups is 1. The number of nitrogens with one attached hydrogen (secondary N) is 1. The number of methoxy groups -OCH3 is 2. The number of nitrogens with zero attached hydrogens (tertiary/aromatic N) is 2. The van der Waals surface area contributed by atoms with Gasteiger partial charge in [-0.25, -0.2) is 4.98 Å². The monoisotopic (exact) mass is 355 g/mol. The second kappa shape index (κ2) is 6.33. The Morgan fingerprint density at radius 3 is 2.68 bits per heavy atom. The maximum absolute atomic E-state index is 12.0. The number of aromatic nitrogens is 2. The molecule has 0 radical (unpaired) electrons. The minimum Gasteiger partial charge on any atom is -0.493 e. The minimum atomic E-state index is 0.0451. The standard InChI is InChI=1S/C18H17N3O3S/c1-23-14-6-5-11(8-15(14)24-2)12-7-13-16(20-17(22)10-3-4-10)21-25-18(13)19-9-12/h5-10H,3-4H2,1-2H3,(H,20,21,22). The third-order valence-corrected chi connectivity index (χ3v) is 5.01. The molecule has 0 atom stereocenters. The molecular weight excluding hydrogens is 338 g/mol. The first-order valence-electron chi connectivity index (χ1n) is 7.98. The van der Waals surface area contributed by atoms with Crippen LogP contribution in [0.1, 0.15) is 12.8 Å². The van der Waals surface area contributed by atoms with Gasteiger partial charge in [-0.15, -0.1) is 0 Å². The van der Waals surface area contributed by atoms with Crippen LogP contribution in [0.3, 0.4) is 0 Å². The molecule has 3 aromatic rings. The number of pyridine rings is 1. The van der Waals surface area contributed by atoms with Crippen LogP contribution >= 0.6 is 11.5 Å². The van der Waals surface area contributed by atoms with E-state index in [0.29, 0.717) is 17.3 Å². The summed E-state index contributed by atoms with van der Waals surface area (Å²) >= 11 is 1.29. The normalized spacial score (nSPS) is 13.7. The summed E-state index contributed by atoms with van der Waals surface area (Å²) in [6, 6.07) is 7.71. The largest absolute Gasteiger partial charge is 0.493 e. The molecule has 1 N–H and O–H groups in total. The van der Waals surface area contributed by atoms with Crippen LogP contribution < -0.4 is 14.8 Å². The highest BCUT2D eigenvalue weighted by atomic mass is 32.1. The molecule has 1 aliphatic carbocycles. The maximum atomic E-state index is 12.0. The Balaban J connectivity index is 1.71. The van der Waals surface area contributed by atoms with Gasteiger partial charge in [-0.3, -0.25) is 4.79 Å². The van der Waals surface area contributed by atoms with Crippen LogP contribution in [0.2, 0.25) is 0 Å². The van der Waals surface area contributed by atoms with Gasteiger partial charge in [-0.05, 0) is 48.1 Å². The van der Waals surface area contributed by atoms with E-state index in [9.17, 15) is 4.79 Å². The zero-order chi connectivity index (χ0) is 17.4. The molecule has 25 heavy (non-hydrogen) atoms. The lowest BCUT2D eigenvalue weighted by Gasteiger charge is -2.09. The van der Waals surface area contributed by atoms with E-state index in [4.69, 9.17) is 9.47 Å². The van der Waals surface area contributed by atoms with Gasteiger partial charge in [-0.2, -0.15) is 4.37 Å². The zero-order valence-corrected chi connectivity index (χ0v) is 14.7. The lowest BCUT2D eigenvalue weighted by atomic mass is 10.1. The highest BCUT2D eigenvalue weighted by Gasteiger charge is 2.30. The first-order chi connectivity index (χ1) is 12.2. The molecule has 0 spiro atoms. The Hall–Kier alpha value is -2.67. The number of benzene rings is 1. The van der Waals surface area contributed by atoms with Gasteiger partial charge < -0.3 is 14.8 Å². The van der Waals surface area contributed by atoms with Gasteiger partial charge in [0.2, 0.25) is 5.91 Å². The summed E-state index contributed by atoms with van der Waals surface area (Å²) in [5, 5.41) is 3.78. The van der Waals surface area contributed by atoms with Crippen molar-refractivity contribution in [1.29, 1.82) is 0 Å². The van der Waals surface area contributed by atoms with Gasteiger partial charge in [0.05, 0.1) is 19.6 Å². The molecule has 0 saturated heterocycles. The average Bonchev–Trinajstić information content (AvgIpc) is 3.43. The van der Waals surface area contributed by atoms with Crippen molar-refractivity contribution >= 4 is 33.5 Å². The maximum Gasteiger partial charge on any atom is 0.228 e. The zero-order valence-electron chi connectivity index (χ0n) is 13.9. The molecule has 0 unspecified atom stereocenters. The summed E-state index contributed by atoms with van der Waals surface area (Å²) in [4.78, 5) is 17.3. The predicted molar refractivity (Wildman–Crippen MR) is 97.3 cm³/mol. The molecular formula is C18H17N3O3S. The fourth-order valence-electron chi connectivity index (χ4n) is 2.66. The van der Waals surface area contributed by atoms with E-state index >= 15 is 0 Å². The molecule has 1 amide bonds. The SMILES string of the molecule is COc1ccc(-c2cnc3snc(NC(=O)C4CC4)c3c2)cc1OC. The number of hydrogen-bond donors (Lipinski definition) is 1. The van der Waals surface area contributed by atoms with Crippen LogP contribution in [0.5, 0.6) is 11.5 Å². The van der Waals surface area contributed by atoms with Crippen molar-refractivity contribution in [2.75, 3.05) is 19.5 Å². The first-order valence-corrected chi connectivity index (χ1v) is 8.75. The molecule has 0 bridgehead atoms. The number of carbonyl (C=O) groups excluding carboxylic acids is 1. The molecule has 4 rings (SSSR count). The second-order valence-electron chi connectivity index (χ2n) is 5.94. The number of ether oxygens (including phenoxy) is 2. The van der Waals surface area contributed by atoms with Crippen LogP contribution in [0.15, 0.2) is 30.5 Å². The fourth-order valence-corrected chi connectivity index (χ4v) is 3.34. The molecule has 1 fully saturated rings. The van der Waals surface area contributed by atoms with Crippen molar-refractivity contribution in [3.8, 4) is 22.6 Å². The van der Waals surface area contributed by atoms with Crippen LogP contribution in [-0.4, -0.2) is 29.5 Å². The van der Waals surface area contributed by atoms with Gasteiger partial charge in [0, 0.05) is 17.7 Å². The summed E-state index contributed by atoms with van der Waals surface area (Å²) in [6.45, 7) is 0. The fraction of sp³-hybridized carbons (Fsp3) is 0.278. The van der Waals surface area contributed by atoms with Crippen LogP contribution in [0.4, 0.5) is 5.82 Å².